The Kier molecular flexibility index (Phi) is 5.03. The quantitative estimate of drug-likeness (QED) is 0.623. The minimum Gasteiger partial charge on any atom is -0.338 e. The zero-order valence-corrected chi connectivity index (χ0v) is 13.8. The number of nitrogens with zero attached hydrogens (tertiary/aromatic N) is 3. The van der Waals surface area contributed by atoms with Crippen molar-refractivity contribution >= 4 is 0 Å². The fourth-order valence-electron chi connectivity index (χ4n) is 2.45. The molecule has 0 unspecified atom stereocenters. The number of halogens is 4. The van der Waals surface area contributed by atoms with Gasteiger partial charge in [-0.3, -0.25) is 4.90 Å². The Bertz CT molecular complexity index is 875. The van der Waals surface area contributed by atoms with Gasteiger partial charge in [0.25, 0.3) is 0 Å². The summed E-state index contributed by atoms with van der Waals surface area (Å²) in [6.07, 6.45) is -4.39. The molecular weight excluding hydrogens is 350 g/mol. The number of rotatable bonds is 5. The molecule has 3 rings (SSSR count). The van der Waals surface area contributed by atoms with Gasteiger partial charge in [-0.1, -0.05) is 35.5 Å². The van der Waals surface area contributed by atoms with Gasteiger partial charge in [0, 0.05) is 17.7 Å². The predicted octanol–water partition coefficient (Wildman–Crippen LogP) is 4.53. The summed E-state index contributed by atoms with van der Waals surface area (Å²) in [5.74, 6) is 0.196. The van der Waals surface area contributed by atoms with E-state index in [1.807, 2.05) is 0 Å². The van der Waals surface area contributed by atoms with Crippen molar-refractivity contribution in [2.45, 2.75) is 19.3 Å². The molecule has 0 aliphatic rings. The Labute approximate surface area is 147 Å². The van der Waals surface area contributed by atoms with E-state index in [4.69, 9.17) is 4.52 Å². The van der Waals surface area contributed by atoms with E-state index >= 15 is 0 Å². The standard InChI is InChI=1S/C18H15F4N3O/c1-25(10-13-4-2-3-5-15(13)19)11-16-23-17(24-26-16)12-6-8-14(9-7-12)18(20,21)22/h2-9H,10-11H2,1H3. The highest BCUT2D eigenvalue weighted by atomic mass is 19.4. The molecule has 0 saturated heterocycles. The van der Waals surface area contributed by atoms with Gasteiger partial charge in [0.15, 0.2) is 0 Å². The molecule has 26 heavy (non-hydrogen) atoms. The maximum atomic E-state index is 13.7. The highest BCUT2D eigenvalue weighted by molar-refractivity contribution is 5.54. The summed E-state index contributed by atoms with van der Waals surface area (Å²) in [5, 5.41) is 3.79. The lowest BCUT2D eigenvalue weighted by Gasteiger charge is -2.14. The largest absolute Gasteiger partial charge is 0.416 e. The average Bonchev–Trinajstić information content (AvgIpc) is 3.05. The van der Waals surface area contributed by atoms with Crippen LogP contribution in [0.1, 0.15) is 17.0 Å². The van der Waals surface area contributed by atoms with Gasteiger partial charge in [0.2, 0.25) is 11.7 Å². The van der Waals surface area contributed by atoms with Crippen molar-refractivity contribution in [3.63, 3.8) is 0 Å². The van der Waals surface area contributed by atoms with Crippen LogP contribution in [0.4, 0.5) is 17.6 Å². The molecule has 2 aromatic carbocycles. The highest BCUT2D eigenvalue weighted by Gasteiger charge is 2.30. The van der Waals surface area contributed by atoms with Gasteiger partial charge in [-0.15, -0.1) is 0 Å². The van der Waals surface area contributed by atoms with Crippen molar-refractivity contribution in [1.29, 1.82) is 0 Å². The van der Waals surface area contributed by atoms with Gasteiger partial charge in [-0.05, 0) is 25.2 Å². The maximum Gasteiger partial charge on any atom is 0.416 e. The van der Waals surface area contributed by atoms with E-state index in [2.05, 4.69) is 10.1 Å². The third kappa shape index (κ3) is 4.26. The van der Waals surface area contributed by atoms with Crippen molar-refractivity contribution in [3.8, 4) is 11.4 Å². The Balaban J connectivity index is 1.67. The molecule has 4 nitrogen and oxygen atoms in total. The molecule has 0 aliphatic heterocycles. The van der Waals surface area contributed by atoms with Crippen molar-refractivity contribution in [2.24, 2.45) is 0 Å². The SMILES string of the molecule is CN(Cc1nc(-c2ccc(C(F)(F)F)cc2)no1)Cc1ccccc1F. The summed E-state index contributed by atoms with van der Waals surface area (Å²) >= 11 is 0. The minimum atomic E-state index is -4.39. The summed E-state index contributed by atoms with van der Waals surface area (Å²) in [6.45, 7) is 0.632. The lowest BCUT2D eigenvalue weighted by molar-refractivity contribution is -0.137. The zero-order valence-electron chi connectivity index (χ0n) is 13.8. The third-order valence-corrected chi connectivity index (χ3v) is 3.74. The molecule has 0 spiro atoms. The van der Waals surface area contributed by atoms with E-state index in [-0.39, 0.29) is 18.2 Å². The van der Waals surface area contributed by atoms with Crippen LogP contribution in [0.15, 0.2) is 53.1 Å². The van der Waals surface area contributed by atoms with Crippen LogP contribution in [0.3, 0.4) is 0 Å². The Morgan fingerprint density at radius 2 is 1.69 bits per heavy atom. The fourth-order valence-corrected chi connectivity index (χ4v) is 2.45. The first-order chi connectivity index (χ1) is 12.3. The van der Waals surface area contributed by atoms with Crippen molar-refractivity contribution in [1.82, 2.24) is 15.0 Å². The van der Waals surface area contributed by atoms with Crippen LogP contribution in [0.5, 0.6) is 0 Å². The lowest BCUT2D eigenvalue weighted by atomic mass is 10.1. The molecule has 136 valence electrons. The first-order valence-corrected chi connectivity index (χ1v) is 7.75. The van der Waals surface area contributed by atoms with Crippen LogP contribution in [-0.4, -0.2) is 22.1 Å². The molecule has 0 N–H and O–H groups in total. The lowest BCUT2D eigenvalue weighted by Crippen LogP contribution is -2.18. The first kappa shape index (κ1) is 18.1. The highest BCUT2D eigenvalue weighted by Crippen LogP contribution is 2.30. The van der Waals surface area contributed by atoms with E-state index < -0.39 is 11.7 Å². The topological polar surface area (TPSA) is 42.2 Å². The Morgan fingerprint density at radius 1 is 1.00 bits per heavy atom. The molecule has 0 amide bonds. The van der Waals surface area contributed by atoms with Crippen molar-refractivity contribution < 1.29 is 22.1 Å². The summed E-state index contributed by atoms with van der Waals surface area (Å²) < 4.78 is 56.6. The second kappa shape index (κ2) is 7.25. The van der Waals surface area contributed by atoms with Crippen molar-refractivity contribution in [2.75, 3.05) is 7.05 Å². The normalized spacial score (nSPS) is 11.9. The Hall–Kier alpha value is -2.74. The molecule has 1 aromatic heterocycles. The maximum absolute atomic E-state index is 13.7. The number of hydrogen-bond acceptors (Lipinski definition) is 4. The molecule has 0 fully saturated rings. The van der Waals surface area contributed by atoms with Gasteiger partial charge in [0.05, 0.1) is 12.1 Å². The van der Waals surface area contributed by atoms with Crippen LogP contribution < -0.4 is 0 Å². The van der Waals surface area contributed by atoms with E-state index in [1.54, 1.807) is 30.1 Å². The molecule has 8 heteroatoms. The minimum absolute atomic E-state index is 0.202. The van der Waals surface area contributed by atoms with Crippen molar-refractivity contribution in [3.05, 3.63) is 71.4 Å². The number of alkyl halides is 3. The second-order valence-corrected chi connectivity index (χ2v) is 5.85. The molecule has 0 radical (unpaired) electrons. The van der Waals surface area contributed by atoms with Crippen LogP contribution in [-0.2, 0) is 19.3 Å². The van der Waals surface area contributed by atoms with Gasteiger partial charge >= 0.3 is 6.18 Å². The zero-order chi connectivity index (χ0) is 18.7. The third-order valence-electron chi connectivity index (χ3n) is 3.74. The smallest absolute Gasteiger partial charge is 0.338 e. The molecule has 0 bridgehead atoms. The molecule has 0 atom stereocenters. The van der Waals surface area contributed by atoms with Crippen LogP contribution in [0, 0.1) is 5.82 Å². The summed E-state index contributed by atoms with van der Waals surface area (Å²) in [6, 6.07) is 11.0. The average molecular weight is 365 g/mol. The van der Waals surface area contributed by atoms with E-state index in [9.17, 15) is 17.6 Å². The van der Waals surface area contributed by atoms with Gasteiger partial charge in [-0.2, -0.15) is 18.2 Å². The van der Waals surface area contributed by atoms with Gasteiger partial charge in [-0.25, -0.2) is 4.39 Å². The monoisotopic (exact) mass is 365 g/mol. The Morgan fingerprint density at radius 3 is 2.35 bits per heavy atom. The van der Waals surface area contributed by atoms with Crippen LogP contribution >= 0.6 is 0 Å². The van der Waals surface area contributed by atoms with Crippen LogP contribution in [0.25, 0.3) is 11.4 Å². The number of aromatic nitrogens is 2. The summed E-state index contributed by atoms with van der Waals surface area (Å²) in [7, 11) is 1.77. The first-order valence-electron chi connectivity index (χ1n) is 7.75. The molecule has 3 aromatic rings. The summed E-state index contributed by atoms with van der Waals surface area (Å²) in [4.78, 5) is 5.98. The molecular formula is C18H15F4N3O. The van der Waals surface area contributed by atoms with Gasteiger partial charge in [0.1, 0.15) is 5.82 Å². The van der Waals surface area contributed by atoms with E-state index in [0.717, 1.165) is 12.1 Å². The predicted molar refractivity (Wildman–Crippen MR) is 86.3 cm³/mol. The van der Waals surface area contributed by atoms with Crippen LogP contribution in [0.2, 0.25) is 0 Å². The number of hydrogen-bond donors (Lipinski definition) is 0. The van der Waals surface area contributed by atoms with E-state index in [1.165, 1.54) is 18.2 Å². The summed E-state index contributed by atoms with van der Waals surface area (Å²) in [5.41, 5.74) is 0.219. The van der Waals surface area contributed by atoms with E-state index in [0.29, 0.717) is 23.6 Å². The molecule has 0 saturated carbocycles. The molecule has 1 heterocycles. The van der Waals surface area contributed by atoms with Gasteiger partial charge < -0.3 is 4.52 Å². The number of benzene rings is 2. The molecule has 0 aliphatic carbocycles. The second-order valence-electron chi connectivity index (χ2n) is 5.85. The fraction of sp³-hybridized carbons (Fsp3) is 0.222.